The molecule has 0 radical (unpaired) electrons. The molecule has 2 atom stereocenters. The first-order valence-electron chi connectivity index (χ1n) is 7.03. The number of hydrogen-bond donors (Lipinski definition) is 1. The summed E-state index contributed by atoms with van der Waals surface area (Å²) in [6, 6.07) is 7.98. The molecule has 0 aliphatic carbocycles. The molecule has 7 heteroatoms. The van der Waals surface area contributed by atoms with E-state index in [0.717, 1.165) is 34.8 Å². The van der Waals surface area contributed by atoms with Gasteiger partial charge in [-0.3, -0.25) is 4.21 Å². The van der Waals surface area contributed by atoms with Gasteiger partial charge < -0.3 is 0 Å². The van der Waals surface area contributed by atoms with E-state index in [0.29, 0.717) is 5.25 Å². The van der Waals surface area contributed by atoms with Crippen LogP contribution in [0.1, 0.15) is 40.0 Å². The fourth-order valence-electron chi connectivity index (χ4n) is 1.67. The van der Waals surface area contributed by atoms with Crippen molar-refractivity contribution >= 4 is 61.3 Å². The minimum atomic E-state index is -1.75. The van der Waals surface area contributed by atoms with Gasteiger partial charge in [-0.1, -0.05) is 56.8 Å². The lowest BCUT2D eigenvalue weighted by molar-refractivity contribution is 0.676. The van der Waals surface area contributed by atoms with Crippen LogP contribution in [0.15, 0.2) is 34.1 Å². The van der Waals surface area contributed by atoms with Gasteiger partial charge in [0.15, 0.2) is 0 Å². The molecule has 0 saturated carbocycles. The van der Waals surface area contributed by atoms with Gasteiger partial charge in [-0.2, -0.15) is 0 Å². The third-order valence-corrected chi connectivity index (χ3v) is 13.3. The van der Waals surface area contributed by atoms with Crippen LogP contribution in [0.4, 0.5) is 0 Å². The van der Waals surface area contributed by atoms with Crippen molar-refractivity contribution in [2.24, 2.45) is 0 Å². The van der Waals surface area contributed by atoms with E-state index < -0.39 is 14.4 Å². The smallest absolute Gasteiger partial charge is 0.111 e. The van der Waals surface area contributed by atoms with Crippen molar-refractivity contribution in [3.05, 3.63) is 24.3 Å². The summed E-state index contributed by atoms with van der Waals surface area (Å²) in [6.45, 7) is 6.45. The summed E-state index contributed by atoms with van der Waals surface area (Å²) < 4.78 is 10.4. The highest BCUT2D eigenvalue weighted by molar-refractivity contribution is 9.20. The Labute approximate surface area is 149 Å². The van der Waals surface area contributed by atoms with Crippen molar-refractivity contribution in [2.45, 2.75) is 55.1 Å². The predicted molar refractivity (Wildman–Crippen MR) is 109 cm³/mol. The van der Waals surface area contributed by atoms with E-state index >= 15 is 0 Å². The summed E-state index contributed by atoms with van der Waals surface area (Å²) >= 11 is 13.7. The zero-order valence-corrected chi connectivity index (χ0v) is 17.7. The van der Waals surface area contributed by atoms with Crippen molar-refractivity contribution < 1.29 is 4.21 Å². The van der Waals surface area contributed by atoms with E-state index in [4.69, 9.17) is 11.8 Å². The van der Waals surface area contributed by atoms with Gasteiger partial charge in [0, 0.05) is 20.8 Å². The second kappa shape index (κ2) is 10.0. The van der Waals surface area contributed by atoms with Crippen LogP contribution in [-0.2, 0) is 22.6 Å². The second-order valence-electron chi connectivity index (χ2n) is 4.94. The van der Waals surface area contributed by atoms with Crippen LogP contribution in [0.3, 0.4) is 0 Å². The predicted octanol–water partition coefficient (Wildman–Crippen LogP) is 6.37. The molecule has 2 unspecified atom stereocenters. The lowest BCUT2D eigenvalue weighted by Crippen LogP contribution is -1.97. The topological polar surface area (TPSA) is 17.1 Å². The lowest BCUT2D eigenvalue weighted by Gasteiger charge is -2.16. The van der Waals surface area contributed by atoms with Gasteiger partial charge in [-0.05, 0) is 30.7 Å². The average Bonchev–Trinajstić information content (AvgIpc) is 2.37. The van der Waals surface area contributed by atoms with E-state index in [9.17, 15) is 4.21 Å². The van der Waals surface area contributed by atoms with Crippen molar-refractivity contribution in [1.82, 2.24) is 0 Å². The van der Waals surface area contributed by atoms with Gasteiger partial charge in [0.2, 0.25) is 0 Å². The molecule has 0 bridgehead atoms. The molecule has 0 fully saturated rings. The van der Waals surface area contributed by atoms with Crippen molar-refractivity contribution in [3.63, 3.8) is 0 Å². The quantitative estimate of drug-likeness (QED) is 0.295. The Balaban J connectivity index is 2.61. The molecule has 0 N–H and O–H groups in total. The van der Waals surface area contributed by atoms with E-state index in [1.807, 2.05) is 24.3 Å². The Bertz CT molecular complexity index is 501. The maximum absolute atomic E-state index is 12.1. The number of benzene rings is 1. The molecule has 21 heavy (non-hydrogen) atoms. The third-order valence-electron chi connectivity index (χ3n) is 2.58. The van der Waals surface area contributed by atoms with Crippen LogP contribution in [0, 0.1) is 0 Å². The van der Waals surface area contributed by atoms with E-state index in [2.05, 4.69) is 33.0 Å². The van der Waals surface area contributed by atoms with E-state index in [-0.39, 0.29) is 0 Å². The highest BCUT2D eigenvalue weighted by Gasteiger charge is 2.16. The Kier molecular flexibility index (Phi) is 9.62. The van der Waals surface area contributed by atoms with Crippen LogP contribution in [0.2, 0.25) is 0 Å². The number of thiol groups is 1. The maximum atomic E-state index is 12.1. The molecular formula is C14H23OPS5. The Morgan fingerprint density at radius 3 is 2.43 bits per heavy atom. The minimum absolute atomic E-state index is 0.492. The monoisotopic (exact) mass is 398 g/mol. The van der Waals surface area contributed by atoms with Crippen molar-refractivity contribution in [3.8, 4) is 0 Å². The highest BCUT2D eigenvalue weighted by Crippen LogP contribution is 2.76. The SMILES string of the molecule is CCCCCS(=O)c1ccc(SP(=S)(S)SC(C)C)cc1. The van der Waals surface area contributed by atoms with Gasteiger partial charge in [-0.25, -0.2) is 0 Å². The second-order valence-corrected chi connectivity index (χ2v) is 21.7. The highest BCUT2D eigenvalue weighted by atomic mass is 33.5. The number of unbranched alkanes of at least 4 members (excludes halogenated alkanes) is 2. The summed E-state index contributed by atoms with van der Waals surface area (Å²) in [5, 5.41) is 0.492. The summed E-state index contributed by atoms with van der Waals surface area (Å²) in [6.07, 6.45) is 3.34. The van der Waals surface area contributed by atoms with Gasteiger partial charge in [0.1, 0.15) is 3.64 Å². The maximum Gasteiger partial charge on any atom is 0.111 e. The summed E-state index contributed by atoms with van der Waals surface area (Å²) in [5.74, 6) is 0.758. The first kappa shape index (κ1) is 20.1. The van der Waals surface area contributed by atoms with Gasteiger partial charge in [0.05, 0.1) is 10.8 Å². The summed E-state index contributed by atoms with van der Waals surface area (Å²) in [4.78, 5) is 2.04. The zero-order valence-electron chi connectivity index (χ0n) is 12.7. The van der Waals surface area contributed by atoms with Crippen LogP contribution in [-0.4, -0.2) is 15.2 Å². The summed E-state index contributed by atoms with van der Waals surface area (Å²) in [5.41, 5.74) is 0. The molecule has 0 aliphatic heterocycles. The van der Waals surface area contributed by atoms with Gasteiger partial charge >= 0.3 is 0 Å². The van der Waals surface area contributed by atoms with E-state index in [1.165, 1.54) is 0 Å². The molecule has 1 nitrogen and oxygen atoms in total. The number of rotatable bonds is 9. The lowest BCUT2D eigenvalue weighted by atomic mass is 10.3. The molecule has 0 spiro atoms. The first-order chi connectivity index (χ1) is 9.84. The standard InChI is InChI=1S/C14H23OPS5/c1-4-5-6-11-21(15)14-9-7-13(8-10-14)20-16(17,18)19-12(2)3/h7-10,12H,4-6,11H2,1-3H3,(H,17,18). The van der Waals surface area contributed by atoms with Crippen LogP contribution in [0.5, 0.6) is 0 Å². The fourth-order valence-corrected chi connectivity index (χ4v) is 14.4. The van der Waals surface area contributed by atoms with Gasteiger partial charge in [0.25, 0.3) is 0 Å². The third kappa shape index (κ3) is 8.47. The molecule has 120 valence electrons. The van der Waals surface area contributed by atoms with Crippen molar-refractivity contribution in [2.75, 3.05) is 5.75 Å². The molecule has 1 aromatic carbocycles. The first-order valence-corrected chi connectivity index (χ1v) is 15.2. The van der Waals surface area contributed by atoms with Crippen LogP contribution >= 0.6 is 38.7 Å². The Hall–Kier alpha value is 1.07. The van der Waals surface area contributed by atoms with Crippen molar-refractivity contribution in [1.29, 1.82) is 0 Å². The largest absolute Gasteiger partial charge is 0.254 e. The molecule has 1 rings (SSSR count). The molecule has 0 amide bonds. The Morgan fingerprint density at radius 2 is 1.90 bits per heavy atom. The minimum Gasteiger partial charge on any atom is -0.254 e. The fraction of sp³-hybridized carbons (Fsp3) is 0.571. The molecule has 0 saturated heterocycles. The Morgan fingerprint density at radius 1 is 1.29 bits per heavy atom. The number of hydrogen-bond acceptors (Lipinski definition) is 4. The normalized spacial score (nSPS) is 15.9. The average molecular weight is 399 g/mol. The zero-order chi connectivity index (χ0) is 15.9. The van der Waals surface area contributed by atoms with Crippen LogP contribution < -0.4 is 0 Å². The van der Waals surface area contributed by atoms with E-state index in [1.54, 1.807) is 22.8 Å². The molecular weight excluding hydrogens is 375 g/mol. The molecule has 0 heterocycles. The molecule has 0 aliphatic rings. The summed E-state index contributed by atoms with van der Waals surface area (Å²) in [7, 11) is -0.876. The van der Waals surface area contributed by atoms with Crippen LogP contribution in [0.25, 0.3) is 0 Å². The molecule has 1 aromatic rings. The van der Waals surface area contributed by atoms with Gasteiger partial charge in [-0.15, -0.1) is 23.6 Å². The molecule has 0 aromatic heterocycles.